The number of benzene rings is 2. The van der Waals surface area contributed by atoms with E-state index < -0.39 is 10.0 Å². The Morgan fingerprint density at radius 2 is 1.88 bits per heavy atom. The first-order chi connectivity index (χ1) is 15.3. The van der Waals surface area contributed by atoms with Crippen molar-refractivity contribution >= 4 is 38.5 Å². The molecule has 2 N–H and O–H groups in total. The lowest BCUT2D eigenvalue weighted by atomic mass is 10.1. The van der Waals surface area contributed by atoms with Gasteiger partial charge in [0.15, 0.2) is 5.76 Å². The van der Waals surface area contributed by atoms with Crippen molar-refractivity contribution in [3.8, 4) is 0 Å². The van der Waals surface area contributed by atoms with Crippen LogP contribution in [0, 0.1) is 0 Å². The fraction of sp³-hybridized carbons (Fsp3) is 0.304. The van der Waals surface area contributed by atoms with Crippen LogP contribution in [0.25, 0.3) is 11.0 Å². The van der Waals surface area contributed by atoms with Crippen LogP contribution in [-0.2, 0) is 21.2 Å². The van der Waals surface area contributed by atoms with Gasteiger partial charge in [0.2, 0.25) is 15.9 Å². The topological polar surface area (TPSA) is 109 Å². The lowest BCUT2D eigenvalue weighted by Crippen LogP contribution is -2.49. The Bertz CT molecular complexity index is 1200. The van der Waals surface area contributed by atoms with Crippen LogP contribution in [0.5, 0.6) is 0 Å². The Morgan fingerprint density at radius 3 is 2.59 bits per heavy atom. The molecule has 1 aliphatic heterocycles. The Balaban J connectivity index is 1.31. The molecule has 0 radical (unpaired) electrons. The van der Waals surface area contributed by atoms with Crippen LogP contribution in [0.1, 0.15) is 29.0 Å². The van der Waals surface area contributed by atoms with Crippen molar-refractivity contribution in [3.05, 3.63) is 65.9 Å². The lowest BCUT2D eigenvalue weighted by molar-refractivity contribution is -0.121. The highest BCUT2D eigenvalue weighted by molar-refractivity contribution is 7.88. The first kappa shape index (κ1) is 22.0. The number of carbonyl (C=O) groups is 2. The van der Waals surface area contributed by atoms with E-state index in [2.05, 4.69) is 10.6 Å². The molecule has 1 atom stereocenters. The second kappa shape index (κ2) is 9.13. The van der Waals surface area contributed by atoms with Crippen molar-refractivity contribution in [2.45, 2.75) is 25.3 Å². The molecule has 0 saturated carbocycles. The first-order valence-corrected chi connectivity index (χ1v) is 12.3. The van der Waals surface area contributed by atoms with Crippen LogP contribution in [0.15, 0.2) is 59.0 Å². The highest BCUT2D eigenvalue weighted by atomic mass is 32.2. The minimum absolute atomic E-state index is 0.163. The highest BCUT2D eigenvalue weighted by Crippen LogP contribution is 2.20. The van der Waals surface area contributed by atoms with Gasteiger partial charge in [0.25, 0.3) is 5.91 Å². The molecule has 1 aromatic heterocycles. The summed E-state index contributed by atoms with van der Waals surface area (Å²) in [5, 5.41) is 6.57. The number of carbonyl (C=O) groups excluding carboxylic acids is 2. The number of sulfonamides is 1. The zero-order valence-electron chi connectivity index (χ0n) is 17.7. The zero-order chi connectivity index (χ0) is 22.7. The van der Waals surface area contributed by atoms with Crippen LogP contribution in [-0.4, -0.2) is 49.9 Å². The first-order valence-electron chi connectivity index (χ1n) is 10.4. The largest absolute Gasteiger partial charge is 0.451 e. The van der Waals surface area contributed by atoms with E-state index in [1.54, 1.807) is 36.4 Å². The Kier molecular flexibility index (Phi) is 6.29. The molecule has 1 unspecified atom stereocenters. The van der Waals surface area contributed by atoms with Gasteiger partial charge in [0, 0.05) is 30.2 Å². The zero-order valence-corrected chi connectivity index (χ0v) is 18.5. The number of hydrogen-bond acceptors (Lipinski definition) is 5. The van der Waals surface area contributed by atoms with Gasteiger partial charge in [-0.3, -0.25) is 9.59 Å². The third kappa shape index (κ3) is 5.35. The standard InChI is InChI=1S/C23H25N3O5S/c1-32(29,30)26-12-4-6-19(15-26)24-22(27)13-16-8-10-18(11-9-16)25-23(28)21-14-17-5-2-3-7-20(17)31-21/h2-3,5,7-11,14,19H,4,6,12-13,15H2,1H3,(H,24,27)(H,25,28). The summed E-state index contributed by atoms with van der Waals surface area (Å²) in [6.07, 6.45) is 2.83. The summed E-state index contributed by atoms with van der Waals surface area (Å²) in [5.41, 5.74) is 2.03. The molecule has 168 valence electrons. The molecule has 8 nitrogen and oxygen atoms in total. The SMILES string of the molecule is CS(=O)(=O)N1CCCC(NC(=O)Cc2ccc(NC(=O)c3cc4ccccc4o3)cc2)C1. The fourth-order valence-corrected chi connectivity index (χ4v) is 4.73. The van der Waals surface area contributed by atoms with Gasteiger partial charge in [-0.05, 0) is 42.7 Å². The summed E-state index contributed by atoms with van der Waals surface area (Å²) in [5.74, 6) is -0.283. The number of amides is 2. The van der Waals surface area contributed by atoms with Crippen molar-refractivity contribution < 1.29 is 22.4 Å². The van der Waals surface area contributed by atoms with E-state index in [-0.39, 0.29) is 30.0 Å². The molecular formula is C23H25N3O5S. The molecule has 3 aromatic rings. The van der Waals surface area contributed by atoms with Gasteiger partial charge in [-0.2, -0.15) is 0 Å². The second-order valence-electron chi connectivity index (χ2n) is 8.00. The Labute approximate surface area is 186 Å². The highest BCUT2D eigenvalue weighted by Gasteiger charge is 2.26. The van der Waals surface area contributed by atoms with Crippen molar-refractivity contribution in [1.29, 1.82) is 0 Å². The number of anilines is 1. The molecule has 2 heterocycles. The number of furan rings is 1. The molecule has 0 aliphatic carbocycles. The third-order valence-electron chi connectivity index (χ3n) is 5.44. The maximum atomic E-state index is 12.4. The third-order valence-corrected chi connectivity index (χ3v) is 6.71. The molecule has 9 heteroatoms. The van der Waals surface area contributed by atoms with Crippen LogP contribution >= 0.6 is 0 Å². The summed E-state index contributed by atoms with van der Waals surface area (Å²) in [7, 11) is -3.26. The summed E-state index contributed by atoms with van der Waals surface area (Å²) in [4.78, 5) is 24.9. The molecule has 2 amide bonds. The second-order valence-corrected chi connectivity index (χ2v) is 9.99. The fourth-order valence-electron chi connectivity index (χ4n) is 3.82. The number of nitrogens with one attached hydrogen (secondary N) is 2. The molecule has 1 aliphatic rings. The van der Waals surface area contributed by atoms with Gasteiger partial charge in [0.1, 0.15) is 5.58 Å². The number of nitrogens with zero attached hydrogens (tertiary/aromatic N) is 1. The van der Waals surface area contributed by atoms with E-state index in [4.69, 9.17) is 4.42 Å². The molecule has 1 fully saturated rings. The van der Waals surface area contributed by atoms with Gasteiger partial charge in [-0.25, -0.2) is 12.7 Å². The predicted molar refractivity (Wildman–Crippen MR) is 122 cm³/mol. The predicted octanol–water partition coefficient (Wildman–Crippen LogP) is 2.77. The number of rotatable bonds is 6. The minimum atomic E-state index is -3.26. The van der Waals surface area contributed by atoms with Gasteiger partial charge in [-0.1, -0.05) is 30.3 Å². The van der Waals surface area contributed by atoms with Crippen molar-refractivity contribution in [1.82, 2.24) is 9.62 Å². The summed E-state index contributed by atoms with van der Waals surface area (Å²) in [6, 6.07) is 15.9. The number of hydrogen-bond donors (Lipinski definition) is 2. The van der Waals surface area contributed by atoms with Crippen molar-refractivity contribution in [2.24, 2.45) is 0 Å². The minimum Gasteiger partial charge on any atom is -0.451 e. The van der Waals surface area contributed by atoms with Gasteiger partial charge >= 0.3 is 0 Å². The van der Waals surface area contributed by atoms with Gasteiger partial charge in [0.05, 0.1) is 12.7 Å². The van der Waals surface area contributed by atoms with Crippen LogP contribution in [0.4, 0.5) is 5.69 Å². The average Bonchev–Trinajstić information content (AvgIpc) is 3.19. The molecule has 32 heavy (non-hydrogen) atoms. The maximum absolute atomic E-state index is 12.4. The Hall–Kier alpha value is -3.17. The summed E-state index contributed by atoms with van der Waals surface area (Å²) >= 11 is 0. The van der Waals surface area contributed by atoms with E-state index in [1.807, 2.05) is 18.2 Å². The van der Waals surface area contributed by atoms with Gasteiger partial charge in [-0.15, -0.1) is 0 Å². The number of para-hydroxylation sites is 1. The van der Waals surface area contributed by atoms with E-state index in [1.165, 1.54) is 10.6 Å². The smallest absolute Gasteiger partial charge is 0.291 e. The van der Waals surface area contributed by atoms with E-state index in [0.29, 0.717) is 24.4 Å². The van der Waals surface area contributed by atoms with Crippen LogP contribution in [0.2, 0.25) is 0 Å². The summed E-state index contributed by atoms with van der Waals surface area (Å²) < 4.78 is 30.4. The molecule has 1 saturated heterocycles. The van der Waals surface area contributed by atoms with Crippen molar-refractivity contribution in [3.63, 3.8) is 0 Å². The normalized spacial score (nSPS) is 17.2. The molecule has 2 aromatic carbocycles. The number of piperidine rings is 1. The summed E-state index contributed by atoms with van der Waals surface area (Å²) in [6.45, 7) is 0.795. The molecular weight excluding hydrogens is 430 g/mol. The maximum Gasteiger partial charge on any atom is 0.291 e. The van der Waals surface area contributed by atoms with Crippen LogP contribution in [0.3, 0.4) is 0 Å². The molecule has 4 rings (SSSR count). The van der Waals surface area contributed by atoms with Gasteiger partial charge < -0.3 is 15.1 Å². The van der Waals surface area contributed by atoms with Crippen LogP contribution < -0.4 is 10.6 Å². The lowest BCUT2D eigenvalue weighted by Gasteiger charge is -2.31. The quantitative estimate of drug-likeness (QED) is 0.594. The Morgan fingerprint density at radius 1 is 1.12 bits per heavy atom. The molecule has 0 bridgehead atoms. The van der Waals surface area contributed by atoms with E-state index in [0.717, 1.165) is 23.8 Å². The average molecular weight is 456 g/mol. The number of fused-ring (bicyclic) bond motifs is 1. The van der Waals surface area contributed by atoms with E-state index in [9.17, 15) is 18.0 Å². The van der Waals surface area contributed by atoms with E-state index >= 15 is 0 Å². The molecule has 0 spiro atoms. The van der Waals surface area contributed by atoms with Crippen molar-refractivity contribution in [2.75, 3.05) is 24.7 Å². The monoisotopic (exact) mass is 455 g/mol.